The third-order valence-electron chi connectivity index (χ3n) is 2.48. The van der Waals surface area contributed by atoms with Gasteiger partial charge >= 0.3 is 0 Å². The summed E-state index contributed by atoms with van der Waals surface area (Å²) in [6.07, 6.45) is 0. The van der Waals surface area contributed by atoms with Gasteiger partial charge in [-0.1, -0.05) is 11.6 Å². The summed E-state index contributed by atoms with van der Waals surface area (Å²) in [7, 11) is 0. The van der Waals surface area contributed by atoms with Crippen LogP contribution in [0.15, 0.2) is 28.7 Å². The molecule has 0 spiro atoms. The van der Waals surface area contributed by atoms with E-state index in [-0.39, 0.29) is 11.4 Å². The summed E-state index contributed by atoms with van der Waals surface area (Å²) in [5, 5.41) is 0.417. The van der Waals surface area contributed by atoms with E-state index in [1.54, 1.807) is 6.07 Å². The first-order valence-corrected chi connectivity index (χ1v) is 7.33. The van der Waals surface area contributed by atoms with Crippen molar-refractivity contribution in [2.45, 2.75) is 0 Å². The van der Waals surface area contributed by atoms with Crippen molar-refractivity contribution in [2.75, 3.05) is 18.2 Å². The number of hydrogen-bond donors (Lipinski definition) is 1. The highest BCUT2D eigenvalue weighted by Crippen LogP contribution is 2.35. The maximum absolute atomic E-state index is 13.8. The first-order valence-electron chi connectivity index (χ1n) is 5.63. The molecule has 0 fully saturated rings. The molecule has 20 heavy (non-hydrogen) atoms. The number of pyridine rings is 1. The van der Waals surface area contributed by atoms with Gasteiger partial charge in [0.25, 0.3) is 0 Å². The molecule has 3 nitrogen and oxygen atoms in total. The van der Waals surface area contributed by atoms with Gasteiger partial charge in [-0.2, -0.15) is 0 Å². The molecule has 0 saturated carbocycles. The molecule has 0 radical (unpaired) electrons. The Kier molecular flexibility index (Phi) is 5.07. The van der Waals surface area contributed by atoms with Crippen molar-refractivity contribution in [1.82, 2.24) is 4.98 Å². The Balaban J connectivity index is 2.46. The van der Waals surface area contributed by atoms with Crippen LogP contribution in [-0.4, -0.2) is 17.5 Å². The van der Waals surface area contributed by atoms with Crippen molar-refractivity contribution >= 4 is 44.9 Å². The summed E-state index contributed by atoms with van der Waals surface area (Å²) in [6.45, 7) is 0.302. The fourth-order valence-corrected chi connectivity index (χ4v) is 2.42. The monoisotopic (exact) mass is 378 g/mol. The van der Waals surface area contributed by atoms with Crippen LogP contribution >= 0.6 is 39.1 Å². The molecule has 0 bridgehead atoms. The Bertz CT molecular complexity index is 617. The third-order valence-corrected chi connectivity index (χ3v) is 3.46. The van der Waals surface area contributed by atoms with E-state index < -0.39 is 5.82 Å². The molecule has 2 aromatic rings. The zero-order chi connectivity index (χ0) is 14.7. The number of benzene rings is 1. The van der Waals surface area contributed by atoms with E-state index in [1.807, 2.05) is 0 Å². The number of aromatic nitrogens is 1. The molecule has 1 aromatic carbocycles. The highest BCUT2D eigenvalue weighted by atomic mass is 79.9. The number of nitrogen functional groups attached to an aromatic ring is 1. The normalized spacial score (nSPS) is 10.6. The van der Waals surface area contributed by atoms with Gasteiger partial charge in [0.1, 0.15) is 12.4 Å². The SMILES string of the molecule is Nc1nc(-c2cc(Cl)ccc2F)cc(Br)c1OCCCl. The molecule has 2 rings (SSSR count). The maximum atomic E-state index is 13.8. The maximum Gasteiger partial charge on any atom is 0.175 e. The van der Waals surface area contributed by atoms with Crippen molar-refractivity contribution < 1.29 is 9.13 Å². The lowest BCUT2D eigenvalue weighted by molar-refractivity contribution is 0.341. The zero-order valence-electron chi connectivity index (χ0n) is 10.2. The highest BCUT2D eigenvalue weighted by molar-refractivity contribution is 9.10. The molecule has 1 heterocycles. The van der Waals surface area contributed by atoms with E-state index in [1.165, 1.54) is 18.2 Å². The van der Waals surface area contributed by atoms with E-state index in [9.17, 15) is 4.39 Å². The second kappa shape index (κ2) is 6.61. The first kappa shape index (κ1) is 15.4. The summed E-state index contributed by atoms with van der Waals surface area (Å²) >= 11 is 14.8. The highest BCUT2D eigenvalue weighted by Gasteiger charge is 2.14. The lowest BCUT2D eigenvalue weighted by Gasteiger charge is -2.11. The van der Waals surface area contributed by atoms with Gasteiger partial charge in [-0.15, -0.1) is 11.6 Å². The van der Waals surface area contributed by atoms with Gasteiger partial charge in [0.15, 0.2) is 11.6 Å². The van der Waals surface area contributed by atoms with Crippen molar-refractivity contribution in [2.24, 2.45) is 0 Å². The van der Waals surface area contributed by atoms with Gasteiger partial charge in [-0.25, -0.2) is 9.37 Å². The molecule has 7 heteroatoms. The largest absolute Gasteiger partial charge is 0.487 e. The second-order valence-electron chi connectivity index (χ2n) is 3.87. The van der Waals surface area contributed by atoms with Gasteiger partial charge < -0.3 is 10.5 Å². The van der Waals surface area contributed by atoms with Crippen molar-refractivity contribution in [3.63, 3.8) is 0 Å². The molecular weight excluding hydrogens is 370 g/mol. The second-order valence-corrected chi connectivity index (χ2v) is 5.53. The summed E-state index contributed by atoms with van der Waals surface area (Å²) in [6, 6.07) is 5.86. The van der Waals surface area contributed by atoms with Crippen LogP contribution in [0.2, 0.25) is 5.02 Å². The van der Waals surface area contributed by atoms with E-state index in [0.717, 1.165) is 0 Å². The number of anilines is 1. The summed E-state index contributed by atoms with van der Waals surface area (Å²) < 4.78 is 19.8. The molecule has 0 unspecified atom stereocenters. The van der Waals surface area contributed by atoms with Crippen molar-refractivity contribution in [1.29, 1.82) is 0 Å². The molecule has 0 amide bonds. The van der Waals surface area contributed by atoms with E-state index >= 15 is 0 Å². The molecule has 0 aliphatic carbocycles. The summed E-state index contributed by atoms with van der Waals surface area (Å²) in [4.78, 5) is 4.14. The number of hydrogen-bond acceptors (Lipinski definition) is 3. The average Bonchev–Trinajstić information content (AvgIpc) is 2.40. The molecule has 0 atom stereocenters. The van der Waals surface area contributed by atoms with Crippen LogP contribution in [0.1, 0.15) is 0 Å². The quantitative estimate of drug-likeness (QED) is 0.795. The van der Waals surface area contributed by atoms with Gasteiger partial charge in [-0.3, -0.25) is 0 Å². The van der Waals surface area contributed by atoms with Crippen LogP contribution in [-0.2, 0) is 0 Å². The van der Waals surface area contributed by atoms with Crippen molar-refractivity contribution in [3.05, 3.63) is 39.6 Å². The minimum atomic E-state index is -0.428. The first-order chi connectivity index (χ1) is 9.52. The van der Waals surface area contributed by atoms with Crippen LogP contribution in [0, 0.1) is 5.82 Å². The molecule has 1 aromatic heterocycles. The van der Waals surface area contributed by atoms with Crippen LogP contribution in [0.5, 0.6) is 5.75 Å². The molecule has 2 N–H and O–H groups in total. The lowest BCUT2D eigenvalue weighted by Crippen LogP contribution is -2.04. The molecule has 0 aliphatic heterocycles. The smallest absolute Gasteiger partial charge is 0.175 e. The zero-order valence-corrected chi connectivity index (χ0v) is 13.3. The number of ether oxygens (including phenoxy) is 1. The van der Waals surface area contributed by atoms with Crippen LogP contribution in [0.4, 0.5) is 10.2 Å². The lowest BCUT2D eigenvalue weighted by atomic mass is 10.1. The minimum absolute atomic E-state index is 0.152. The predicted octanol–water partition coefficient (Wildman–Crippen LogP) is 4.50. The van der Waals surface area contributed by atoms with Crippen molar-refractivity contribution in [3.8, 4) is 17.0 Å². The van der Waals surface area contributed by atoms with Gasteiger partial charge in [0.05, 0.1) is 16.0 Å². The number of halogens is 4. The molecule has 0 aliphatic rings. The summed E-state index contributed by atoms with van der Waals surface area (Å²) in [5.41, 5.74) is 6.46. The Morgan fingerprint density at radius 1 is 1.35 bits per heavy atom. The average molecular weight is 380 g/mol. The number of nitrogens with two attached hydrogens (primary N) is 1. The van der Waals surface area contributed by atoms with Crippen LogP contribution < -0.4 is 10.5 Å². The minimum Gasteiger partial charge on any atom is -0.487 e. The van der Waals surface area contributed by atoms with Crippen LogP contribution in [0.3, 0.4) is 0 Å². The van der Waals surface area contributed by atoms with Gasteiger partial charge in [0.2, 0.25) is 0 Å². The Morgan fingerprint density at radius 3 is 2.75 bits per heavy atom. The van der Waals surface area contributed by atoms with Gasteiger partial charge in [-0.05, 0) is 40.2 Å². The third kappa shape index (κ3) is 3.34. The van der Waals surface area contributed by atoms with E-state index in [0.29, 0.717) is 33.4 Å². The molecule has 106 valence electrons. The fourth-order valence-electron chi connectivity index (χ4n) is 1.64. The van der Waals surface area contributed by atoms with Gasteiger partial charge in [0, 0.05) is 10.6 Å². The van der Waals surface area contributed by atoms with E-state index in [2.05, 4.69) is 20.9 Å². The predicted molar refractivity (Wildman–Crippen MR) is 83.0 cm³/mol. The molecule has 0 saturated heterocycles. The number of rotatable bonds is 4. The van der Waals surface area contributed by atoms with Crippen LogP contribution in [0.25, 0.3) is 11.3 Å². The topological polar surface area (TPSA) is 48.1 Å². The summed E-state index contributed by atoms with van der Waals surface area (Å²) in [5.74, 6) is 0.439. The standard InChI is InChI=1S/C13H10BrCl2FN2O/c14-9-6-11(8-5-7(16)1-2-10(8)17)19-13(18)12(9)20-4-3-15/h1-2,5-6H,3-4H2,(H2,18,19). The Hall–Kier alpha value is -1.04. The Labute approximate surface area is 134 Å². The fraction of sp³-hybridized carbons (Fsp3) is 0.154. The number of nitrogens with zero attached hydrogens (tertiary/aromatic N) is 1. The molecular formula is C13H10BrCl2FN2O. The number of alkyl halides is 1. The Morgan fingerprint density at radius 2 is 2.10 bits per heavy atom. The van der Waals surface area contributed by atoms with E-state index in [4.69, 9.17) is 33.7 Å².